The van der Waals surface area contributed by atoms with Crippen LogP contribution in [0.2, 0.25) is 0 Å². The molecule has 4 unspecified atom stereocenters. The Morgan fingerprint density at radius 2 is 1.87 bits per heavy atom. The normalized spacial score (nSPS) is 31.7. The number of halogens is 1. The highest BCUT2D eigenvalue weighted by atomic mass is 32.2. The van der Waals surface area contributed by atoms with Gasteiger partial charge in [-0.3, -0.25) is 4.72 Å². The van der Waals surface area contributed by atoms with Crippen LogP contribution in [-0.2, 0) is 10.2 Å². The molecular formula is C29H33FN4O3S. The van der Waals surface area contributed by atoms with Crippen molar-refractivity contribution < 1.29 is 17.9 Å². The van der Waals surface area contributed by atoms with Crippen molar-refractivity contribution in [2.75, 3.05) is 4.72 Å². The maximum atomic E-state index is 15.0. The summed E-state index contributed by atoms with van der Waals surface area (Å²) in [5.74, 6) is 0.609. The summed E-state index contributed by atoms with van der Waals surface area (Å²) in [6, 6.07) is 12.0. The van der Waals surface area contributed by atoms with E-state index in [-0.39, 0.29) is 35.2 Å². The van der Waals surface area contributed by atoms with Crippen molar-refractivity contribution in [1.82, 2.24) is 14.3 Å². The van der Waals surface area contributed by atoms with Crippen molar-refractivity contribution in [3.63, 3.8) is 0 Å². The van der Waals surface area contributed by atoms with E-state index in [4.69, 9.17) is 0 Å². The first kappa shape index (κ1) is 24.3. The third kappa shape index (κ3) is 3.89. The Morgan fingerprint density at radius 1 is 1.13 bits per heavy atom. The molecule has 9 heteroatoms. The number of hydrogen-bond donors (Lipinski definition) is 3. The summed E-state index contributed by atoms with van der Waals surface area (Å²) in [6.07, 6.45) is 7.80. The van der Waals surface area contributed by atoms with Gasteiger partial charge in [0.25, 0.3) is 10.2 Å². The minimum absolute atomic E-state index is 0.139. The third-order valence-corrected chi connectivity index (χ3v) is 10.8. The van der Waals surface area contributed by atoms with Gasteiger partial charge in [0, 0.05) is 22.9 Å². The Bertz CT molecular complexity index is 1470. The summed E-state index contributed by atoms with van der Waals surface area (Å²) in [5.41, 5.74) is 3.72. The number of nitrogens with zero attached hydrogens (tertiary/aromatic N) is 2. The van der Waals surface area contributed by atoms with Gasteiger partial charge in [-0.1, -0.05) is 29.8 Å². The molecule has 200 valence electrons. The summed E-state index contributed by atoms with van der Waals surface area (Å²) in [7, 11) is -3.73. The molecule has 4 aliphatic carbocycles. The first-order valence-corrected chi connectivity index (χ1v) is 15.0. The number of aryl methyl sites for hydroxylation is 1. The zero-order chi connectivity index (χ0) is 26.2. The van der Waals surface area contributed by atoms with E-state index in [2.05, 4.69) is 14.4 Å². The molecule has 0 spiro atoms. The molecule has 4 saturated carbocycles. The van der Waals surface area contributed by atoms with Gasteiger partial charge in [0.2, 0.25) is 0 Å². The van der Waals surface area contributed by atoms with Gasteiger partial charge >= 0.3 is 0 Å². The predicted octanol–water partition coefficient (Wildman–Crippen LogP) is 4.79. The van der Waals surface area contributed by atoms with Gasteiger partial charge in [-0.25, -0.2) is 9.37 Å². The number of anilines is 1. The van der Waals surface area contributed by atoms with Gasteiger partial charge < -0.3 is 9.67 Å². The minimum Gasteiger partial charge on any atom is -0.392 e. The highest BCUT2D eigenvalue weighted by Gasteiger charge is 2.58. The molecule has 3 aromatic rings. The van der Waals surface area contributed by atoms with Crippen LogP contribution in [-0.4, -0.2) is 35.2 Å². The number of aliphatic hydroxyl groups excluding tert-OH is 1. The molecule has 1 aliphatic heterocycles. The average molecular weight is 537 g/mol. The van der Waals surface area contributed by atoms with E-state index in [1.807, 2.05) is 29.7 Å². The van der Waals surface area contributed by atoms with E-state index in [0.717, 1.165) is 48.9 Å². The molecule has 0 saturated heterocycles. The Balaban J connectivity index is 1.10. The van der Waals surface area contributed by atoms with Gasteiger partial charge in [-0.15, -0.1) is 0 Å². The van der Waals surface area contributed by atoms with Crippen LogP contribution < -0.4 is 9.44 Å². The Morgan fingerprint density at radius 3 is 2.61 bits per heavy atom. The van der Waals surface area contributed by atoms with E-state index in [0.29, 0.717) is 23.6 Å². The Kier molecular flexibility index (Phi) is 5.52. The van der Waals surface area contributed by atoms with Crippen molar-refractivity contribution in [1.29, 1.82) is 0 Å². The van der Waals surface area contributed by atoms with Gasteiger partial charge in [-0.05, 0) is 86.8 Å². The fraction of sp³-hybridized carbons (Fsp3) is 0.483. The smallest absolute Gasteiger partial charge is 0.299 e. The number of benzene rings is 2. The molecule has 38 heavy (non-hydrogen) atoms. The number of aliphatic hydroxyl groups is 1. The second-order valence-corrected chi connectivity index (χ2v) is 13.5. The van der Waals surface area contributed by atoms with Gasteiger partial charge in [0.05, 0.1) is 30.4 Å². The monoisotopic (exact) mass is 536 g/mol. The molecule has 8 rings (SSSR count). The standard InChI is InChI=1S/C29H33FN4O3S/c1-17-5-7-21(8-6-17)32-38(36,37)33-28-19-9-18-10-20(28)14-29(12-18,13-19)26(35)11-24-27-22(3-2-4-23(27)30)25-15-31-16-34(24)25/h2-8,15-16,18-20,24,26,28,32-33,35H,9-14H2,1H3. The van der Waals surface area contributed by atoms with Crippen LogP contribution in [0.25, 0.3) is 11.3 Å². The first-order valence-electron chi connectivity index (χ1n) is 13.6. The maximum absolute atomic E-state index is 15.0. The van der Waals surface area contributed by atoms with E-state index in [1.165, 1.54) is 6.07 Å². The van der Waals surface area contributed by atoms with Crippen molar-refractivity contribution in [2.45, 2.75) is 63.6 Å². The summed E-state index contributed by atoms with van der Waals surface area (Å²) < 4.78 is 48.7. The number of hydrogen-bond acceptors (Lipinski definition) is 4. The number of imidazole rings is 1. The molecule has 0 radical (unpaired) electrons. The molecular weight excluding hydrogens is 503 g/mol. The highest BCUT2D eigenvalue weighted by Crippen LogP contribution is 2.62. The van der Waals surface area contributed by atoms with Crippen LogP contribution in [0, 0.1) is 35.9 Å². The van der Waals surface area contributed by atoms with Crippen LogP contribution >= 0.6 is 0 Å². The molecule has 1 aromatic heterocycles. The number of nitrogens with one attached hydrogen (secondary N) is 2. The van der Waals surface area contributed by atoms with Gasteiger partial charge in [0.1, 0.15) is 5.82 Å². The molecule has 4 atom stereocenters. The van der Waals surface area contributed by atoms with Crippen molar-refractivity contribution in [3.8, 4) is 11.3 Å². The second-order valence-electron chi connectivity index (χ2n) is 12.1. The molecule has 2 aromatic carbocycles. The quantitative estimate of drug-likeness (QED) is 0.405. The summed E-state index contributed by atoms with van der Waals surface area (Å²) >= 11 is 0. The first-order chi connectivity index (χ1) is 18.2. The Labute approximate surface area is 222 Å². The highest BCUT2D eigenvalue weighted by molar-refractivity contribution is 7.90. The van der Waals surface area contributed by atoms with Crippen LogP contribution in [0.1, 0.15) is 55.7 Å². The van der Waals surface area contributed by atoms with Gasteiger partial charge in [-0.2, -0.15) is 13.1 Å². The molecule has 7 nitrogen and oxygen atoms in total. The van der Waals surface area contributed by atoms with Crippen LogP contribution in [0.5, 0.6) is 0 Å². The topological polar surface area (TPSA) is 96.2 Å². The molecule has 4 bridgehead atoms. The van der Waals surface area contributed by atoms with Crippen LogP contribution in [0.3, 0.4) is 0 Å². The lowest BCUT2D eigenvalue weighted by Crippen LogP contribution is -2.62. The summed E-state index contributed by atoms with van der Waals surface area (Å²) in [4.78, 5) is 4.29. The van der Waals surface area contributed by atoms with Gasteiger partial charge in [0.15, 0.2) is 0 Å². The fourth-order valence-corrected chi connectivity index (χ4v) is 9.61. The zero-order valence-electron chi connectivity index (χ0n) is 21.3. The van der Waals surface area contributed by atoms with Crippen molar-refractivity contribution in [2.24, 2.45) is 23.2 Å². The van der Waals surface area contributed by atoms with Crippen LogP contribution in [0.15, 0.2) is 55.0 Å². The number of aromatic nitrogens is 2. The summed E-state index contributed by atoms with van der Waals surface area (Å²) in [5, 5.41) is 11.8. The lowest BCUT2D eigenvalue weighted by atomic mass is 9.46. The molecule has 2 heterocycles. The Hall–Kier alpha value is -2.75. The predicted molar refractivity (Wildman–Crippen MR) is 143 cm³/mol. The van der Waals surface area contributed by atoms with Crippen molar-refractivity contribution >= 4 is 15.9 Å². The lowest BCUT2D eigenvalue weighted by molar-refractivity contribution is -0.134. The maximum Gasteiger partial charge on any atom is 0.299 e. The molecule has 5 aliphatic rings. The molecule has 0 amide bonds. The van der Waals surface area contributed by atoms with Crippen molar-refractivity contribution in [3.05, 3.63) is 71.9 Å². The third-order valence-electron chi connectivity index (χ3n) is 9.73. The van der Waals surface area contributed by atoms with E-state index in [9.17, 15) is 17.9 Å². The largest absolute Gasteiger partial charge is 0.392 e. The minimum atomic E-state index is -3.73. The van der Waals surface area contributed by atoms with E-state index < -0.39 is 16.3 Å². The average Bonchev–Trinajstić information content (AvgIpc) is 3.45. The molecule has 3 N–H and O–H groups in total. The zero-order valence-corrected chi connectivity index (χ0v) is 22.2. The van der Waals surface area contributed by atoms with Crippen LogP contribution in [0.4, 0.5) is 10.1 Å². The number of rotatable bonds is 7. The van der Waals surface area contributed by atoms with E-state index in [1.54, 1.807) is 30.7 Å². The number of fused-ring (bicyclic) bond motifs is 3. The van der Waals surface area contributed by atoms with E-state index >= 15 is 0 Å². The molecule has 4 fully saturated rings. The second kappa shape index (κ2) is 8.63. The SMILES string of the molecule is Cc1ccc(NS(=O)(=O)NC2C3CC4CC2CC(C(O)CC2c5c(F)cccc5-c5cncn52)(C4)C3)cc1. The summed E-state index contributed by atoms with van der Waals surface area (Å²) in [6.45, 7) is 1.96. The fourth-order valence-electron chi connectivity index (χ4n) is 8.37. The lowest BCUT2D eigenvalue weighted by Gasteiger charge is -2.61.